The van der Waals surface area contributed by atoms with Crippen molar-refractivity contribution in [3.05, 3.63) is 41.0 Å². The van der Waals surface area contributed by atoms with Crippen molar-refractivity contribution in [3.8, 4) is 28.7 Å². The largest absolute Gasteiger partial charge is 0.493 e. The molecule has 0 unspecified atom stereocenters. The summed E-state index contributed by atoms with van der Waals surface area (Å²) in [5, 5.41) is 11.7. The average Bonchev–Trinajstić information content (AvgIpc) is 3.08. The van der Waals surface area contributed by atoms with Gasteiger partial charge >= 0.3 is 0 Å². The molecule has 0 saturated heterocycles. The summed E-state index contributed by atoms with van der Waals surface area (Å²) >= 11 is 0. The Morgan fingerprint density at radius 1 is 1.07 bits per heavy atom. The SMILES string of the molecule is COc1cc2c(cc1OC)[C@]1(O)C(=O)c3ccc4c(c3O[C@@H]1CO2)[C@H]1[C@@H](O4)C1(C)C. The van der Waals surface area contributed by atoms with Gasteiger partial charge in [0.2, 0.25) is 5.78 Å². The van der Waals surface area contributed by atoms with Crippen LogP contribution in [0.15, 0.2) is 24.3 Å². The van der Waals surface area contributed by atoms with E-state index in [0.29, 0.717) is 34.1 Å². The minimum atomic E-state index is -1.88. The normalized spacial score (nSPS) is 31.0. The molecule has 6 rings (SSSR count). The first-order valence-corrected chi connectivity index (χ1v) is 9.99. The Morgan fingerprint density at radius 3 is 2.53 bits per heavy atom. The number of fused-ring (bicyclic) bond motifs is 8. The Bertz CT molecular complexity index is 1120. The van der Waals surface area contributed by atoms with Gasteiger partial charge in [0.15, 0.2) is 23.2 Å². The Labute approximate surface area is 173 Å². The van der Waals surface area contributed by atoms with Crippen LogP contribution in [0.4, 0.5) is 0 Å². The fourth-order valence-corrected chi connectivity index (χ4v) is 5.23. The average molecular weight is 410 g/mol. The van der Waals surface area contributed by atoms with E-state index in [1.807, 2.05) is 0 Å². The van der Waals surface area contributed by atoms with E-state index in [-0.39, 0.29) is 24.0 Å². The second kappa shape index (κ2) is 5.40. The third-order valence-electron chi connectivity index (χ3n) is 7.05. The molecule has 7 nitrogen and oxygen atoms in total. The molecule has 4 atom stereocenters. The molecule has 3 heterocycles. The van der Waals surface area contributed by atoms with Crippen LogP contribution in [0.3, 0.4) is 0 Å². The molecule has 1 aliphatic carbocycles. The molecule has 0 radical (unpaired) electrons. The molecule has 3 aliphatic heterocycles. The zero-order valence-electron chi connectivity index (χ0n) is 17.1. The Morgan fingerprint density at radius 2 is 1.80 bits per heavy atom. The lowest BCUT2D eigenvalue weighted by Gasteiger charge is -2.43. The maximum absolute atomic E-state index is 13.7. The number of carbonyl (C=O) groups is 1. The summed E-state index contributed by atoms with van der Waals surface area (Å²) in [5.41, 5.74) is -0.278. The first kappa shape index (κ1) is 17.9. The van der Waals surface area contributed by atoms with Gasteiger partial charge in [-0.15, -0.1) is 0 Å². The number of Topliss-reactive ketones (excluding diaryl/α,β-unsaturated/α-hetero) is 1. The van der Waals surface area contributed by atoms with Crippen LogP contribution < -0.4 is 23.7 Å². The Hall–Kier alpha value is -2.93. The maximum Gasteiger partial charge on any atom is 0.206 e. The number of aliphatic hydroxyl groups is 1. The van der Waals surface area contributed by atoms with E-state index in [1.54, 1.807) is 24.3 Å². The minimum Gasteiger partial charge on any atom is -0.493 e. The molecule has 2 aromatic rings. The summed E-state index contributed by atoms with van der Waals surface area (Å²) in [7, 11) is 3.02. The van der Waals surface area contributed by atoms with Crippen molar-refractivity contribution in [3.63, 3.8) is 0 Å². The number of ether oxygens (including phenoxy) is 5. The van der Waals surface area contributed by atoms with E-state index in [2.05, 4.69) is 13.8 Å². The smallest absolute Gasteiger partial charge is 0.206 e. The summed E-state index contributed by atoms with van der Waals surface area (Å²) in [6.45, 7) is 4.32. The summed E-state index contributed by atoms with van der Waals surface area (Å²) < 4.78 is 28.9. The van der Waals surface area contributed by atoms with Crippen LogP contribution in [0.2, 0.25) is 0 Å². The third-order valence-corrected chi connectivity index (χ3v) is 7.05. The zero-order valence-corrected chi connectivity index (χ0v) is 17.1. The van der Waals surface area contributed by atoms with Gasteiger partial charge in [0, 0.05) is 28.5 Å². The molecule has 7 heteroatoms. The van der Waals surface area contributed by atoms with Crippen molar-refractivity contribution in [2.45, 2.75) is 37.6 Å². The predicted octanol–water partition coefficient (Wildman–Crippen LogP) is 2.81. The molecule has 0 amide bonds. The number of benzene rings is 2. The molecule has 2 aromatic carbocycles. The molecule has 0 bridgehead atoms. The highest BCUT2D eigenvalue weighted by Crippen LogP contribution is 2.69. The number of methoxy groups -OCH3 is 2. The van der Waals surface area contributed by atoms with E-state index >= 15 is 0 Å². The van der Waals surface area contributed by atoms with E-state index in [9.17, 15) is 9.90 Å². The summed E-state index contributed by atoms with van der Waals surface area (Å²) in [5.74, 6) is 2.28. The standard InChI is InChI=1S/C23H22O7/c1-22(2)18-17-12(29-21(18)22)6-5-10-19(17)30-16-9-28-13-8-15(27-4)14(26-3)7-11(13)23(16,25)20(10)24/h5-8,16,18,21,25H,9H2,1-4H3/t16-,18+,21-,23-/m1/s1. The summed E-state index contributed by atoms with van der Waals surface area (Å²) in [4.78, 5) is 13.7. The van der Waals surface area contributed by atoms with Crippen LogP contribution in [0, 0.1) is 5.41 Å². The van der Waals surface area contributed by atoms with E-state index in [0.717, 1.165) is 11.3 Å². The predicted molar refractivity (Wildman–Crippen MR) is 105 cm³/mol. The molecular weight excluding hydrogens is 388 g/mol. The van der Waals surface area contributed by atoms with Gasteiger partial charge < -0.3 is 28.8 Å². The molecular formula is C23H22O7. The lowest BCUT2D eigenvalue weighted by molar-refractivity contribution is -0.0803. The van der Waals surface area contributed by atoms with Crippen LogP contribution >= 0.6 is 0 Å². The van der Waals surface area contributed by atoms with Gasteiger partial charge in [0.1, 0.15) is 30.0 Å². The molecule has 30 heavy (non-hydrogen) atoms. The molecule has 0 spiro atoms. The minimum absolute atomic E-state index is 0.00185. The van der Waals surface area contributed by atoms with E-state index in [1.165, 1.54) is 14.2 Å². The van der Waals surface area contributed by atoms with Crippen LogP contribution in [0.5, 0.6) is 28.7 Å². The lowest BCUT2D eigenvalue weighted by atomic mass is 9.76. The van der Waals surface area contributed by atoms with Crippen molar-refractivity contribution in [1.29, 1.82) is 0 Å². The summed E-state index contributed by atoms with van der Waals surface area (Å²) in [6, 6.07) is 6.69. The van der Waals surface area contributed by atoms with Gasteiger partial charge in [-0.1, -0.05) is 13.8 Å². The second-order valence-corrected chi connectivity index (χ2v) is 8.91. The van der Waals surface area contributed by atoms with Crippen LogP contribution in [-0.4, -0.2) is 43.9 Å². The molecule has 1 N–H and O–H groups in total. The van der Waals surface area contributed by atoms with Crippen molar-refractivity contribution < 1.29 is 33.6 Å². The number of hydrogen-bond donors (Lipinski definition) is 1. The molecule has 1 saturated carbocycles. The van der Waals surface area contributed by atoms with E-state index in [4.69, 9.17) is 23.7 Å². The fraction of sp³-hybridized carbons (Fsp3) is 0.435. The topological polar surface area (TPSA) is 83.5 Å². The third kappa shape index (κ3) is 1.92. The Kier molecular flexibility index (Phi) is 3.22. The van der Waals surface area contributed by atoms with Crippen molar-refractivity contribution in [1.82, 2.24) is 0 Å². The molecule has 156 valence electrons. The first-order chi connectivity index (χ1) is 14.3. The first-order valence-electron chi connectivity index (χ1n) is 9.99. The zero-order chi connectivity index (χ0) is 21.0. The molecule has 0 aromatic heterocycles. The number of rotatable bonds is 2. The lowest BCUT2D eigenvalue weighted by Crippen LogP contribution is -2.57. The van der Waals surface area contributed by atoms with Crippen LogP contribution in [-0.2, 0) is 5.60 Å². The monoisotopic (exact) mass is 410 g/mol. The molecule has 4 aliphatic rings. The number of hydrogen-bond acceptors (Lipinski definition) is 7. The van der Waals surface area contributed by atoms with Gasteiger partial charge in [-0.25, -0.2) is 0 Å². The van der Waals surface area contributed by atoms with Gasteiger partial charge in [0.25, 0.3) is 0 Å². The van der Waals surface area contributed by atoms with Gasteiger partial charge in [-0.2, -0.15) is 0 Å². The van der Waals surface area contributed by atoms with Gasteiger partial charge in [-0.3, -0.25) is 4.79 Å². The highest BCUT2D eigenvalue weighted by Gasteiger charge is 2.67. The summed E-state index contributed by atoms with van der Waals surface area (Å²) in [6.07, 6.45) is -0.783. The highest BCUT2D eigenvalue weighted by atomic mass is 16.6. The number of carbonyl (C=O) groups excluding carboxylic acids is 1. The van der Waals surface area contributed by atoms with Crippen LogP contribution in [0.1, 0.15) is 41.3 Å². The van der Waals surface area contributed by atoms with Gasteiger partial charge in [-0.05, 0) is 18.2 Å². The molecule has 1 fully saturated rings. The maximum atomic E-state index is 13.7. The van der Waals surface area contributed by atoms with Crippen molar-refractivity contribution in [2.24, 2.45) is 5.41 Å². The van der Waals surface area contributed by atoms with Crippen molar-refractivity contribution >= 4 is 5.78 Å². The highest BCUT2D eigenvalue weighted by molar-refractivity contribution is 6.08. The quantitative estimate of drug-likeness (QED) is 0.815. The number of ketones is 1. The Balaban J connectivity index is 1.51. The fourth-order valence-electron chi connectivity index (χ4n) is 5.23. The van der Waals surface area contributed by atoms with Gasteiger partial charge in [0.05, 0.1) is 19.8 Å². The second-order valence-electron chi connectivity index (χ2n) is 8.91. The van der Waals surface area contributed by atoms with Crippen LogP contribution in [0.25, 0.3) is 0 Å². The van der Waals surface area contributed by atoms with E-state index < -0.39 is 17.5 Å². The van der Waals surface area contributed by atoms with Crippen molar-refractivity contribution in [2.75, 3.05) is 20.8 Å².